The van der Waals surface area contributed by atoms with Gasteiger partial charge >= 0.3 is 0 Å². The molecule has 27 heavy (non-hydrogen) atoms. The van der Waals surface area contributed by atoms with Gasteiger partial charge < -0.3 is 10.6 Å². The highest BCUT2D eigenvalue weighted by molar-refractivity contribution is 9.10. The first-order valence-corrected chi connectivity index (χ1v) is 9.99. The van der Waals surface area contributed by atoms with Crippen molar-refractivity contribution in [2.24, 2.45) is 0 Å². The molecule has 5 nitrogen and oxygen atoms in total. The summed E-state index contributed by atoms with van der Waals surface area (Å²) in [4.78, 5) is 26.5. The highest BCUT2D eigenvalue weighted by Crippen LogP contribution is 2.13. The number of benzene rings is 2. The summed E-state index contributed by atoms with van der Waals surface area (Å²) in [5, 5.41) is 6.03. The molecule has 0 atom stereocenters. The molecule has 2 N–H and O–H groups in total. The molecule has 2 amide bonds. The summed E-state index contributed by atoms with van der Waals surface area (Å²) >= 11 is 3.40. The number of nitrogens with one attached hydrogen (secondary N) is 2. The first-order chi connectivity index (χ1) is 13.1. The quantitative estimate of drug-likeness (QED) is 0.740. The Morgan fingerprint density at radius 3 is 2.30 bits per heavy atom. The average Bonchev–Trinajstić information content (AvgIpc) is 2.66. The van der Waals surface area contributed by atoms with Gasteiger partial charge in [-0.25, -0.2) is 0 Å². The van der Waals surface area contributed by atoms with E-state index >= 15 is 0 Å². The molecule has 1 fully saturated rings. The number of hydrogen-bond donors (Lipinski definition) is 2. The summed E-state index contributed by atoms with van der Waals surface area (Å²) in [5.41, 5.74) is 1.82. The fourth-order valence-electron chi connectivity index (χ4n) is 3.23. The van der Waals surface area contributed by atoms with Crippen molar-refractivity contribution in [1.29, 1.82) is 0 Å². The van der Waals surface area contributed by atoms with Crippen LogP contribution in [0.15, 0.2) is 59.1 Å². The summed E-state index contributed by atoms with van der Waals surface area (Å²) in [6.45, 7) is 2.01. The predicted molar refractivity (Wildman–Crippen MR) is 111 cm³/mol. The molecule has 0 aliphatic carbocycles. The molecule has 1 heterocycles. The molecule has 0 aromatic heterocycles. The van der Waals surface area contributed by atoms with E-state index in [-0.39, 0.29) is 17.9 Å². The molecule has 1 aliphatic heterocycles. The predicted octanol–water partition coefficient (Wildman–Crippen LogP) is 3.21. The molecular weight excluding hydrogens is 406 g/mol. The van der Waals surface area contributed by atoms with Gasteiger partial charge in [-0.1, -0.05) is 46.3 Å². The van der Waals surface area contributed by atoms with E-state index in [0.29, 0.717) is 13.0 Å². The lowest BCUT2D eigenvalue weighted by atomic mass is 10.0. The number of para-hydroxylation sites is 1. The van der Waals surface area contributed by atoms with Crippen LogP contribution in [0.3, 0.4) is 0 Å². The van der Waals surface area contributed by atoms with E-state index < -0.39 is 0 Å². The molecule has 2 aromatic rings. The Morgan fingerprint density at radius 2 is 1.63 bits per heavy atom. The van der Waals surface area contributed by atoms with Crippen molar-refractivity contribution in [3.8, 4) is 0 Å². The van der Waals surface area contributed by atoms with Crippen molar-refractivity contribution in [3.63, 3.8) is 0 Å². The second-order valence-electron chi connectivity index (χ2n) is 6.84. The van der Waals surface area contributed by atoms with Gasteiger partial charge in [0, 0.05) is 29.3 Å². The van der Waals surface area contributed by atoms with Crippen molar-refractivity contribution in [2.75, 3.05) is 25.0 Å². The van der Waals surface area contributed by atoms with Crippen molar-refractivity contribution in [3.05, 3.63) is 64.6 Å². The van der Waals surface area contributed by atoms with Crippen molar-refractivity contribution >= 4 is 33.4 Å². The third-order valence-corrected chi connectivity index (χ3v) is 5.18. The Balaban J connectivity index is 1.37. The zero-order valence-corrected chi connectivity index (χ0v) is 16.7. The molecule has 3 rings (SSSR count). The Kier molecular flexibility index (Phi) is 7.01. The average molecular weight is 430 g/mol. The van der Waals surface area contributed by atoms with E-state index in [1.807, 2.05) is 54.6 Å². The smallest absolute Gasteiger partial charge is 0.238 e. The van der Waals surface area contributed by atoms with Crippen LogP contribution in [-0.2, 0) is 16.0 Å². The summed E-state index contributed by atoms with van der Waals surface area (Å²) in [7, 11) is 0. The first-order valence-electron chi connectivity index (χ1n) is 9.19. The number of likely N-dealkylation sites (tertiary alicyclic amines) is 1. The molecule has 0 saturated carbocycles. The van der Waals surface area contributed by atoms with E-state index in [2.05, 4.69) is 31.5 Å². The normalized spacial score (nSPS) is 15.3. The zero-order valence-electron chi connectivity index (χ0n) is 15.2. The maximum absolute atomic E-state index is 12.2. The first kappa shape index (κ1) is 19.6. The topological polar surface area (TPSA) is 61.4 Å². The Bertz CT molecular complexity index is 757. The number of carbonyl (C=O) groups is 2. The van der Waals surface area contributed by atoms with Crippen molar-refractivity contribution in [2.45, 2.75) is 25.3 Å². The SMILES string of the molecule is O=C(CN1CCC(NC(=O)Cc2ccc(Br)cc2)CC1)Nc1ccccc1. The summed E-state index contributed by atoms with van der Waals surface area (Å²) in [6, 6.07) is 17.5. The molecule has 2 aromatic carbocycles. The monoisotopic (exact) mass is 429 g/mol. The molecule has 1 aliphatic rings. The van der Waals surface area contributed by atoms with Gasteiger partial charge in [0.25, 0.3) is 0 Å². The fourth-order valence-corrected chi connectivity index (χ4v) is 3.49. The number of hydrogen-bond acceptors (Lipinski definition) is 3. The maximum Gasteiger partial charge on any atom is 0.238 e. The molecule has 0 unspecified atom stereocenters. The second kappa shape index (κ2) is 9.67. The lowest BCUT2D eigenvalue weighted by Crippen LogP contribution is -2.46. The highest BCUT2D eigenvalue weighted by Gasteiger charge is 2.22. The van der Waals surface area contributed by atoms with Gasteiger partial charge in [0.2, 0.25) is 11.8 Å². The van der Waals surface area contributed by atoms with Gasteiger partial charge in [-0.05, 0) is 42.7 Å². The van der Waals surface area contributed by atoms with Gasteiger partial charge in [0.1, 0.15) is 0 Å². The van der Waals surface area contributed by atoms with Crippen LogP contribution < -0.4 is 10.6 Å². The van der Waals surface area contributed by atoms with Crippen LogP contribution in [0.1, 0.15) is 18.4 Å². The van der Waals surface area contributed by atoms with Crippen LogP contribution >= 0.6 is 15.9 Å². The Hall–Kier alpha value is -2.18. The van der Waals surface area contributed by atoms with Gasteiger partial charge in [-0.15, -0.1) is 0 Å². The minimum absolute atomic E-state index is 0.000996. The number of nitrogens with zero attached hydrogens (tertiary/aromatic N) is 1. The number of carbonyl (C=O) groups excluding carboxylic acids is 2. The molecule has 0 radical (unpaired) electrons. The third kappa shape index (κ3) is 6.48. The van der Waals surface area contributed by atoms with Crippen molar-refractivity contribution in [1.82, 2.24) is 10.2 Å². The minimum atomic E-state index is -0.000996. The Labute approximate surface area is 168 Å². The van der Waals surface area contributed by atoms with Crippen LogP contribution in [0, 0.1) is 0 Å². The summed E-state index contributed by atoms with van der Waals surface area (Å²) in [6.07, 6.45) is 2.13. The second-order valence-corrected chi connectivity index (χ2v) is 7.75. The molecular formula is C21H24BrN3O2. The summed E-state index contributed by atoms with van der Waals surface area (Å²) in [5.74, 6) is 0.0523. The van der Waals surface area contributed by atoms with Gasteiger partial charge in [0.05, 0.1) is 13.0 Å². The number of anilines is 1. The van der Waals surface area contributed by atoms with Crippen LogP contribution in [0.5, 0.6) is 0 Å². The standard InChI is InChI=1S/C21H24BrN3O2/c22-17-8-6-16(7-9-17)14-20(26)23-19-10-12-25(13-11-19)15-21(27)24-18-4-2-1-3-5-18/h1-9,19H,10-15H2,(H,23,26)(H,24,27). The highest BCUT2D eigenvalue weighted by atomic mass is 79.9. The minimum Gasteiger partial charge on any atom is -0.353 e. The molecule has 0 spiro atoms. The number of amides is 2. The van der Waals surface area contributed by atoms with E-state index in [0.717, 1.165) is 41.7 Å². The molecule has 0 bridgehead atoms. The van der Waals surface area contributed by atoms with Gasteiger partial charge in [-0.3, -0.25) is 14.5 Å². The number of rotatable bonds is 6. The van der Waals surface area contributed by atoms with Gasteiger partial charge in [-0.2, -0.15) is 0 Å². The zero-order chi connectivity index (χ0) is 19.1. The molecule has 6 heteroatoms. The lowest BCUT2D eigenvalue weighted by Gasteiger charge is -2.31. The van der Waals surface area contributed by atoms with E-state index in [4.69, 9.17) is 0 Å². The van der Waals surface area contributed by atoms with Crippen LogP contribution in [-0.4, -0.2) is 42.4 Å². The maximum atomic E-state index is 12.2. The largest absolute Gasteiger partial charge is 0.353 e. The van der Waals surface area contributed by atoms with Crippen LogP contribution in [0.2, 0.25) is 0 Å². The fraction of sp³-hybridized carbons (Fsp3) is 0.333. The molecule has 142 valence electrons. The van der Waals surface area contributed by atoms with E-state index in [9.17, 15) is 9.59 Å². The van der Waals surface area contributed by atoms with E-state index in [1.54, 1.807) is 0 Å². The van der Waals surface area contributed by atoms with Crippen molar-refractivity contribution < 1.29 is 9.59 Å². The number of piperidine rings is 1. The van der Waals surface area contributed by atoms with E-state index in [1.165, 1.54) is 0 Å². The van der Waals surface area contributed by atoms with Crippen LogP contribution in [0.25, 0.3) is 0 Å². The van der Waals surface area contributed by atoms with Gasteiger partial charge in [0.15, 0.2) is 0 Å². The third-order valence-electron chi connectivity index (χ3n) is 4.66. The Morgan fingerprint density at radius 1 is 0.963 bits per heavy atom. The molecule has 1 saturated heterocycles. The lowest BCUT2D eigenvalue weighted by molar-refractivity contribution is -0.122. The van der Waals surface area contributed by atoms with Crippen LogP contribution in [0.4, 0.5) is 5.69 Å². The summed E-state index contributed by atoms with van der Waals surface area (Å²) < 4.78 is 1.01. The number of halogens is 1.